The zero-order valence-electron chi connectivity index (χ0n) is 13.6. The molecule has 0 bridgehead atoms. The van der Waals surface area contributed by atoms with Gasteiger partial charge >= 0.3 is 0 Å². The molecule has 0 spiro atoms. The summed E-state index contributed by atoms with van der Waals surface area (Å²) in [5.74, 6) is 1.59. The van der Waals surface area contributed by atoms with Gasteiger partial charge in [-0.05, 0) is 52.6 Å². The highest BCUT2D eigenvalue weighted by atomic mass is 16.5. The molecule has 2 aliphatic heterocycles. The first-order valence-corrected chi connectivity index (χ1v) is 8.44. The maximum absolute atomic E-state index is 12.6. The summed E-state index contributed by atoms with van der Waals surface area (Å²) < 4.78 is 5.10. The van der Waals surface area contributed by atoms with E-state index in [1.54, 1.807) is 0 Å². The van der Waals surface area contributed by atoms with Crippen molar-refractivity contribution in [2.24, 2.45) is 0 Å². The predicted molar refractivity (Wildman–Crippen MR) is 82.4 cm³/mol. The van der Waals surface area contributed by atoms with Crippen LogP contribution in [0.3, 0.4) is 0 Å². The van der Waals surface area contributed by atoms with E-state index in [9.17, 15) is 4.79 Å². The standard InChI is InChI=1S/C16H26N4O2/c1-12-17-15(22-18-12)8-3-9-16(21)20-11-5-7-14(20)13-6-4-10-19(13)2/h13-14H,3-11H2,1-2H3. The van der Waals surface area contributed by atoms with Crippen molar-refractivity contribution in [3.63, 3.8) is 0 Å². The lowest BCUT2D eigenvalue weighted by Gasteiger charge is -2.33. The highest BCUT2D eigenvalue weighted by Crippen LogP contribution is 2.29. The topological polar surface area (TPSA) is 62.5 Å². The number of likely N-dealkylation sites (N-methyl/N-ethyl adjacent to an activating group) is 1. The normalized spacial score (nSPS) is 26.0. The molecule has 0 aromatic carbocycles. The van der Waals surface area contributed by atoms with E-state index in [1.807, 2.05) is 6.92 Å². The molecule has 2 aliphatic rings. The number of likely N-dealkylation sites (tertiary alicyclic amines) is 2. The number of aryl methyl sites for hydroxylation is 2. The summed E-state index contributed by atoms with van der Waals surface area (Å²) in [7, 11) is 2.19. The molecule has 3 rings (SSSR count). The van der Waals surface area contributed by atoms with Gasteiger partial charge in [-0.1, -0.05) is 5.16 Å². The molecule has 1 aromatic heterocycles. The lowest BCUT2D eigenvalue weighted by molar-refractivity contribution is -0.133. The van der Waals surface area contributed by atoms with Crippen molar-refractivity contribution in [1.29, 1.82) is 0 Å². The molecule has 3 heterocycles. The number of aromatic nitrogens is 2. The van der Waals surface area contributed by atoms with Crippen molar-refractivity contribution in [2.45, 2.75) is 64.0 Å². The molecule has 2 saturated heterocycles. The van der Waals surface area contributed by atoms with Gasteiger partial charge in [0, 0.05) is 31.5 Å². The molecule has 6 heteroatoms. The minimum absolute atomic E-state index is 0.291. The van der Waals surface area contributed by atoms with E-state index < -0.39 is 0 Å². The van der Waals surface area contributed by atoms with Gasteiger partial charge in [0.1, 0.15) is 0 Å². The molecule has 0 aliphatic carbocycles. The molecule has 22 heavy (non-hydrogen) atoms. The third kappa shape index (κ3) is 3.32. The largest absolute Gasteiger partial charge is 0.339 e. The third-order valence-electron chi connectivity index (χ3n) is 4.99. The summed E-state index contributed by atoms with van der Waals surface area (Å²) in [5, 5.41) is 3.78. The maximum atomic E-state index is 12.6. The van der Waals surface area contributed by atoms with E-state index >= 15 is 0 Å². The molecule has 1 aromatic rings. The van der Waals surface area contributed by atoms with Crippen molar-refractivity contribution >= 4 is 5.91 Å². The van der Waals surface area contributed by atoms with Crippen LogP contribution < -0.4 is 0 Å². The highest BCUT2D eigenvalue weighted by Gasteiger charge is 2.37. The summed E-state index contributed by atoms with van der Waals surface area (Å²) in [6.07, 6.45) is 6.84. The van der Waals surface area contributed by atoms with E-state index in [0.717, 1.165) is 25.8 Å². The number of carbonyl (C=O) groups excluding carboxylic acids is 1. The van der Waals surface area contributed by atoms with Crippen molar-refractivity contribution in [2.75, 3.05) is 20.1 Å². The fourth-order valence-corrected chi connectivity index (χ4v) is 3.90. The van der Waals surface area contributed by atoms with Crippen molar-refractivity contribution in [1.82, 2.24) is 19.9 Å². The molecular formula is C16H26N4O2. The Labute approximate surface area is 131 Å². The number of carbonyl (C=O) groups is 1. The zero-order valence-corrected chi connectivity index (χ0v) is 13.6. The summed E-state index contributed by atoms with van der Waals surface area (Å²) in [5.41, 5.74) is 0. The molecule has 2 fully saturated rings. The molecule has 6 nitrogen and oxygen atoms in total. The molecule has 122 valence electrons. The SMILES string of the molecule is Cc1noc(CCCC(=O)N2CCCC2C2CCCN2C)n1. The van der Waals surface area contributed by atoms with E-state index in [-0.39, 0.29) is 0 Å². The van der Waals surface area contributed by atoms with Crippen LogP contribution in [-0.2, 0) is 11.2 Å². The molecule has 0 N–H and O–H groups in total. The number of amides is 1. The first kappa shape index (κ1) is 15.5. The Morgan fingerprint density at radius 2 is 2.05 bits per heavy atom. The van der Waals surface area contributed by atoms with Gasteiger partial charge in [0.15, 0.2) is 5.82 Å². The Hall–Kier alpha value is -1.43. The summed E-state index contributed by atoms with van der Waals surface area (Å²) in [4.78, 5) is 21.3. The maximum Gasteiger partial charge on any atom is 0.226 e. The Balaban J connectivity index is 1.50. The predicted octanol–water partition coefficient (Wildman–Crippen LogP) is 1.79. The van der Waals surface area contributed by atoms with Crippen LogP contribution in [0.1, 0.15) is 50.2 Å². The van der Waals surface area contributed by atoms with Crippen molar-refractivity contribution < 1.29 is 9.32 Å². The molecule has 2 atom stereocenters. The zero-order chi connectivity index (χ0) is 15.5. The van der Waals surface area contributed by atoms with E-state index in [2.05, 4.69) is 27.0 Å². The second-order valence-electron chi connectivity index (χ2n) is 6.58. The second-order valence-corrected chi connectivity index (χ2v) is 6.58. The molecule has 0 radical (unpaired) electrons. The fraction of sp³-hybridized carbons (Fsp3) is 0.812. The van der Waals surface area contributed by atoms with E-state index in [4.69, 9.17) is 4.52 Å². The third-order valence-corrected chi connectivity index (χ3v) is 4.99. The summed E-state index contributed by atoms with van der Waals surface area (Å²) >= 11 is 0. The van der Waals surface area contributed by atoms with Gasteiger partial charge in [0.2, 0.25) is 11.8 Å². The van der Waals surface area contributed by atoms with Crippen molar-refractivity contribution in [3.05, 3.63) is 11.7 Å². The van der Waals surface area contributed by atoms with Gasteiger partial charge < -0.3 is 14.3 Å². The quantitative estimate of drug-likeness (QED) is 0.830. The van der Waals surface area contributed by atoms with Crippen LogP contribution in [0.2, 0.25) is 0 Å². The summed E-state index contributed by atoms with van der Waals surface area (Å²) in [6, 6.07) is 0.982. The first-order chi connectivity index (χ1) is 10.6. The number of rotatable bonds is 5. The van der Waals surface area contributed by atoms with Crippen LogP contribution in [0, 0.1) is 6.92 Å². The molecule has 0 saturated carbocycles. The monoisotopic (exact) mass is 306 g/mol. The average Bonchev–Trinajstić information content (AvgIpc) is 3.19. The fourth-order valence-electron chi connectivity index (χ4n) is 3.90. The van der Waals surface area contributed by atoms with Gasteiger partial charge in [-0.15, -0.1) is 0 Å². The summed E-state index contributed by atoms with van der Waals surface area (Å²) in [6.45, 7) is 3.90. The first-order valence-electron chi connectivity index (χ1n) is 8.44. The van der Waals surface area contributed by atoms with Crippen LogP contribution in [0.5, 0.6) is 0 Å². The minimum atomic E-state index is 0.291. The van der Waals surface area contributed by atoms with E-state index in [1.165, 1.54) is 19.4 Å². The van der Waals surface area contributed by atoms with Crippen LogP contribution in [0.25, 0.3) is 0 Å². The lowest BCUT2D eigenvalue weighted by atomic mass is 10.0. The van der Waals surface area contributed by atoms with E-state index in [0.29, 0.717) is 42.5 Å². The van der Waals surface area contributed by atoms with Gasteiger partial charge in [-0.3, -0.25) is 4.79 Å². The smallest absolute Gasteiger partial charge is 0.226 e. The number of nitrogens with zero attached hydrogens (tertiary/aromatic N) is 4. The van der Waals surface area contributed by atoms with Crippen LogP contribution >= 0.6 is 0 Å². The van der Waals surface area contributed by atoms with Crippen LogP contribution in [0.4, 0.5) is 0 Å². The lowest BCUT2D eigenvalue weighted by Crippen LogP contribution is -2.47. The van der Waals surface area contributed by atoms with Crippen LogP contribution in [0.15, 0.2) is 4.52 Å². The Morgan fingerprint density at radius 3 is 2.73 bits per heavy atom. The highest BCUT2D eigenvalue weighted by molar-refractivity contribution is 5.76. The van der Waals surface area contributed by atoms with Gasteiger partial charge in [-0.2, -0.15) is 4.98 Å². The Kier molecular flexibility index (Phi) is 4.76. The Bertz CT molecular complexity index is 516. The molecule has 1 amide bonds. The Morgan fingerprint density at radius 1 is 1.27 bits per heavy atom. The van der Waals surface area contributed by atoms with Gasteiger partial charge in [0.05, 0.1) is 0 Å². The molecular weight excluding hydrogens is 280 g/mol. The van der Waals surface area contributed by atoms with Crippen LogP contribution in [-0.4, -0.2) is 58.1 Å². The van der Waals surface area contributed by atoms with Crippen molar-refractivity contribution in [3.8, 4) is 0 Å². The minimum Gasteiger partial charge on any atom is -0.339 e. The second kappa shape index (κ2) is 6.77. The van der Waals surface area contributed by atoms with Gasteiger partial charge in [-0.25, -0.2) is 0 Å². The van der Waals surface area contributed by atoms with Gasteiger partial charge in [0.25, 0.3) is 0 Å². The average molecular weight is 306 g/mol. The number of hydrogen-bond donors (Lipinski definition) is 0. The molecule has 2 unspecified atom stereocenters. The number of hydrogen-bond acceptors (Lipinski definition) is 5.